The number of carbonyl (C=O) groups excluding carboxylic acids is 1. The monoisotopic (exact) mass is 295 g/mol. The standard InChI is InChI=1S/C16H16F3NO/c1-10-6-7-14(8-11(10)2)20-15(21)12-4-3-5-13(9-12)16(17,18)19/h3-5,7-10H,6H2,1-2H3,(H,20,21). The Labute approximate surface area is 121 Å². The highest BCUT2D eigenvalue weighted by Crippen LogP contribution is 2.29. The first-order valence-corrected chi connectivity index (χ1v) is 6.64. The minimum absolute atomic E-state index is 0.00426. The zero-order chi connectivity index (χ0) is 15.6. The number of nitrogens with one attached hydrogen (secondary N) is 1. The summed E-state index contributed by atoms with van der Waals surface area (Å²) in [4.78, 5) is 12.0. The minimum Gasteiger partial charge on any atom is -0.322 e. The van der Waals surface area contributed by atoms with E-state index in [9.17, 15) is 18.0 Å². The second-order valence-electron chi connectivity index (χ2n) is 5.22. The first kappa shape index (κ1) is 15.4. The lowest BCUT2D eigenvalue weighted by atomic mass is 9.93. The van der Waals surface area contributed by atoms with Crippen LogP contribution in [0.5, 0.6) is 0 Å². The zero-order valence-electron chi connectivity index (χ0n) is 11.8. The fourth-order valence-corrected chi connectivity index (χ4v) is 2.06. The van der Waals surface area contributed by atoms with Gasteiger partial charge in [-0.05, 0) is 43.5 Å². The maximum absolute atomic E-state index is 12.6. The van der Waals surface area contributed by atoms with Gasteiger partial charge in [0.1, 0.15) is 0 Å². The van der Waals surface area contributed by atoms with Gasteiger partial charge in [0.25, 0.3) is 5.91 Å². The Balaban J connectivity index is 2.15. The number of amides is 1. The molecule has 1 atom stereocenters. The third-order valence-corrected chi connectivity index (χ3v) is 3.56. The molecule has 112 valence electrons. The Hall–Kier alpha value is -2.04. The first-order chi connectivity index (χ1) is 9.77. The molecule has 1 N–H and O–H groups in total. The topological polar surface area (TPSA) is 29.1 Å². The van der Waals surface area contributed by atoms with E-state index in [0.29, 0.717) is 11.6 Å². The lowest BCUT2D eigenvalue weighted by molar-refractivity contribution is -0.137. The molecule has 1 amide bonds. The molecular weight excluding hydrogens is 279 g/mol. The summed E-state index contributed by atoms with van der Waals surface area (Å²) in [6.07, 6.45) is 0.0791. The van der Waals surface area contributed by atoms with Crippen molar-refractivity contribution >= 4 is 5.91 Å². The van der Waals surface area contributed by atoms with Gasteiger partial charge in [-0.25, -0.2) is 0 Å². The summed E-state index contributed by atoms with van der Waals surface area (Å²) in [6, 6.07) is 4.41. The Morgan fingerprint density at radius 2 is 2.05 bits per heavy atom. The van der Waals surface area contributed by atoms with Crippen molar-refractivity contribution in [3.05, 3.63) is 58.8 Å². The molecule has 1 aromatic rings. The van der Waals surface area contributed by atoms with Crippen molar-refractivity contribution in [1.82, 2.24) is 5.32 Å². The number of hydrogen-bond donors (Lipinski definition) is 1. The highest BCUT2D eigenvalue weighted by Gasteiger charge is 2.30. The van der Waals surface area contributed by atoms with Gasteiger partial charge in [-0.2, -0.15) is 13.2 Å². The Morgan fingerprint density at radius 1 is 1.33 bits per heavy atom. The summed E-state index contributed by atoms with van der Waals surface area (Å²) in [5.41, 5.74) is 0.938. The summed E-state index contributed by atoms with van der Waals surface area (Å²) in [5, 5.41) is 2.64. The van der Waals surface area contributed by atoms with E-state index in [1.54, 1.807) is 0 Å². The molecule has 1 aromatic carbocycles. The van der Waals surface area contributed by atoms with Crippen LogP contribution in [0.1, 0.15) is 36.2 Å². The number of benzene rings is 1. The fraction of sp³-hybridized carbons (Fsp3) is 0.312. The molecule has 1 unspecified atom stereocenters. The SMILES string of the molecule is CC1=CC(NC(=O)c2cccc(C(F)(F)F)c2)=CCC1C. The van der Waals surface area contributed by atoms with Crippen LogP contribution in [0.2, 0.25) is 0 Å². The molecule has 0 fully saturated rings. The highest BCUT2D eigenvalue weighted by molar-refractivity contribution is 5.95. The van der Waals surface area contributed by atoms with Gasteiger partial charge in [-0.1, -0.05) is 24.6 Å². The second-order valence-corrected chi connectivity index (χ2v) is 5.22. The molecule has 1 aliphatic rings. The van der Waals surface area contributed by atoms with E-state index in [1.165, 1.54) is 12.1 Å². The van der Waals surface area contributed by atoms with E-state index >= 15 is 0 Å². The summed E-state index contributed by atoms with van der Waals surface area (Å²) in [5.74, 6) is -0.120. The van der Waals surface area contributed by atoms with Crippen LogP contribution in [-0.4, -0.2) is 5.91 Å². The van der Waals surface area contributed by atoms with Gasteiger partial charge in [0.2, 0.25) is 0 Å². The summed E-state index contributed by atoms with van der Waals surface area (Å²) in [6.45, 7) is 4.04. The molecule has 0 heterocycles. The molecule has 0 aromatic heterocycles. The smallest absolute Gasteiger partial charge is 0.322 e. The van der Waals surface area contributed by atoms with Crippen molar-refractivity contribution in [1.29, 1.82) is 0 Å². The lowest BCUT2D eigenvalue weighted by Crippen LogP contribution is -2.24. The number of halogens is 3. The Kier molecular flexibility index (Phi) is 4.21. The molecule has 0 saturated carbocycles. The highest BCUT2D eigenvalue weighted by atomic mass is 19.4. The van der Waals surface area contributed by atoms with Gasteiger partial charge in [0, 0.05) is 11.3 Å². The quantitative estimate of drug-likeness (QED) is 0.865. The molecule has 0 spiro atoms. The van der Waals surface area contributed by atoms with Gasteiger partial charge in [0.05, 0.1) is 5.56 Å². The lowest BCUT2D eigenvalue weighted by Gasteiger charge is -2.18. The molecule has 0 saturated heterocycles. The molecule has 0 bridgehead atoms. The van der Waals surface area contributed by atoms with E-state index in [0.717, 1.165) is 24.1 Å². The summed E-state index contributed by atoms with van der Waals surface area (Å²) >= 11 is 0. The predicted octanol–water partition coefficient (Wildman–Crippen LogP) is 4.31. The van der Waals surface area contributed by atoms with Crippen molar-refractivity contribution in [2.45, 2.75) is 26.4 Å². The van der Waals surface area contributed by atoms with E-state index in [2.05, 4.69) is 12.2 Å². The van der Waals surface area contributed by atoms with Crippen molar-refractivity contribution in [2.24, 2.45) is 5.92 Å². The van der Waals surface area contributed by atoms with Gasteiger partial charge in [0.15, 0.2) is 0 Å². The molecular formula is C16H16F3NO. The normalized spacial score (nSPS) is 18.8. The van der Waals surface area contributed by atoms with Crippen molar-refractivity contribution in [3.8, 4) is 0 Å². The van der Waals surface area contributed by atoms with Crippen LogP contribution in [0.4, 0.5) is 13.2 Å². The number of alkyl halides is 3. The van der Waals surface area contributed by atoms with Crippen molar-refractivity contribution in [2.75, 3.05) is 0 Å². The Morgan fingerprint density at radius 3 is 2.67 bits per heavy atom. The molecule has 1 aliphatic carbocycles. The Bertz CT molecular complexity index is 614. The van der Waals surface area contributed by atoms with E-state index in [1.807, 2.05) is 19.1 Å². The second kappa shape index (κ2) is 5.76. The van der Waals surface area contributed by atoms with Crippen LogP contribution >= 0.6 is 0 Å². The van der Waals surface area contributed by atoms with Gasteiger partial charge in [-0.3, -0.25) is 4.79 Å². The van der Waals surface area contributed by atoms with Gasteiger partial charge >= 0.3 is 6.18 Å². The van der Waals surface area contributed by atoms with Gasteiger partial charge < -0.3 is 5.32 Å². The van der Waals surface area contributed by atoms with Crippen LogP contribution in [0, 0.1) is 5.92 Å². The predicted molar refractivity (Wildman–Crippen MR) is 74.5 cm³/mol. The first-order valence-electron chi connectivity index (χ1n) is 6.64. The average Bonchev–Trinajstić information content (AvgIpc) is 2.42. The largest absolute Gasteiger partial charge is 0.416 e. The zero-order valence-corrected chi connectivity index (χ0v) is 11.8. The van der Waals surface area contributed by atoms with Crippen LogP contribution in [-0.2, 0) is 6.18 Å². The van der Waals surface area contributed by atoms with E-state index < -0.39 is 17.6 Å². The number of carbonyl (C=O) groups is 1. The molecule has 0 radical (unpaired) electrons. The fourth-order valence-electron chi connectivity index (χ4n) is 2.06. The molecule has 21 heavy (non-hydrogen) atoms. The van der Waals surface area contributed by atoms with Crippen LogP contribution in [0.25, 0.3) is 0 Å². The number of hydrogen-bond acceptors (Lipinski definition) is 1. The van der Waals surface area contributed by atoms with Crippen molar-refractivity contribution in [3.63, 3.8) is 0 Å². The van der Waals surface area contributed by atoms with Crippen LogP contribution in [0.15, 0.2) is 47.7 Å². The van der Waals surface area contributed by atoms with E-state index in [-0.39, 0.29) is 5.56 Å². The minimum atomic E-state index is -4.45. The molecule has 5 heteroatoms. The summed E-state index contributed by atoms with van der Waals surface area (Å²) in [7, 11) is 0. The third kappa shape index (κ3) is 3.74. The van der Waals surface area contributed by atoms with Crippen LogP contribution in [0.3, 0.4) is 0 Å². The number of rotatable bonds is 2. The van der Waals surface area contributed by atoms with Crippen molar-refractivity contribution < 1.29 is 18.0 Å². The average molecular weight is 295 g/mol. The summed E-state index contributed by atoms with van der Waals surface area (Å²) < 4.78 is 37.9. The maximum Gasteiger partial charge on any atom is 0.416 e. The molecule has 2 nitrogen and oxygen atoms in total. The number of allylic oxidation sites excluding steroid dienone is 3. The molecule has 2 rings (SSSR count). The molecule has 0 aliphatic heterocycles. The third-order valence-electron chi connectivity index (χ3n) is 3.56. The van der Waals surface area contributed by atoms with E-state index in [4.69, 9.17) is 0 Å². The van der Waals surface area contributed by atoms with Gasteiger partial charge in [-0.15, -0.1) is 0 Å². The van der Waals surface area contributed by atoms with Crippen LogP contribution < -0.4 is 5.32 Å². The maximum atomic E-state index is 12.6.